The molecule has 2 rings (SSSR count). The van der Waals surface area contributed by atoms with E-state index < -0.39 is 5.82 Å². The summed E-state index contributed by atoms with van der Waals surface area (Å²) in [5, 5.41) is 0.109. The average Bonchev–Trinajstić information content (AvgIpc) is 2.82. The predicted octanol–water partition coefficient (Wildman–Crippen LogP) is 4.42. The molecule has 0 radical (unpaired) electrons. The molecule has 1 aliphatic rings. The van der Waals surface area contributed by atoms with E-state index in [0.29, 0.717) is 12.3 Å². The number of Topliss-reactive ketones (excluding diaryl/α,β-unsaturated/α-hetero) is 1. The highest BCUT2D eigenvalue weighted by Crippen LogP contribution is 2.34. The van der Waals surface area contributed by atoms with E-state index in [2.05, 4.69) is 6.92 Å². The van der Waals surface area contributed by atoms with Gasteiger partial charge in [-0.05, 0) is 42.9 Å². The zero-order valence-corrected chi connectivity index (χ0v) is 11.3. The van der Waals surface area contributed by atoms with Gasteiger partial charge in [0.05, 0.1) is 5.02 Å². The van der Waals surface area contributed by atoms with E-state index in [0.717, 1.165) is 31.2 Å². The fraction of sp³-hybridized carbons (Fsp3) is 0.533. The number of hydrogen-bond donors (Lipinski definition) is 0. The van der Waals surface area contributed by atoms with Gasteiger partial charge in [-0.15, -0.1) is 0 Å². The minimum absolute atomic E-state index is 0.109. The van der Waals surface area contributed by atoms with Gasteiger partial charge in [-0.2, -0.15) is 0 Å². The second-order valence-corrected chi connectivity index (χ2v) is 5.58. The molecule has 1 nitrogen and oxygen atoms in total. The molecule has 0 amide bonds. The SMILES string of the molecule is CCC1CCC(C(=O)Cc2ccc(Cl)c(F)c2)C1. The topological polar surface area (TPSA) is 17.1 Å². The van der Waals surface area contributed by atoms with E-state index in [9.17, 15) is 9.18 Å². The Bertz CT molecular complexity index is 444. The van der Waals surface area contributed by atoms with Crippen molar-refractivity contribution in [3.05, 3.63) is 34.6 Å². The molecule has 1 aromatic carbocycles. The summed E-state index contributed by atoms with van der Waals surface area (Å²) >= 11 is 5.62. The molecule has 1 saturated carbocycles. The third kappa shape index (κ3) is 3.11. The van der Waals surface area contributed by atoms with Gasteiger partial charge in [-0.3, -0.25) is 4.79 Å². The van der Waals surface area contributed by atoms with E-state index in [1.54, 1.807) is 6.07 Å². The van der Waals surface area contributed by atoms with Gasteiger partial charge in [0, 0.05) is 12.3 Å². The van der Waals surface area contributed by atoms with E-state index in [1.807, 2.05) is 0 Å². The lowest BCUT2D eigenvalue weighted by Gasteiger charge is -2.09. The van der Waals surface area contributed by atoms with Crippen LogP contribution >= 0.6 is 11.6 Å². The van der Waals surface area contributed by atoms with E-state index >= 15 is 0 Å². The van der Waals surface area contributed by atoms with Crippen LogP contribution < -0.4 is 0 Å². The van der Waals surface area contributed by atoms with Crippen LogP contribution in [-0.2, 0) is 11.2 Å². The summed E-state index contributed by atoms with van der Waals surface area (Å²) in [6.45, 7) is 2.17. The maximum Gasteiger partial charge on any atom is 0.142 e. The van der Waals surface area contributed by atoms with Gasteiger partial charge < -0.3 is 0 Å². The predicted molar refractivity (Wildman–Crippen MR) is 71.2 cm³/mol. The lowest BCUT2D eigenvalue weighted by Crippen LogP contribution is -2.14. The number of ketones is 1. The standard InChI is InChI=1S/C15H18ClFO/c1-2-10-3-5-12(7-10)15(18)9-11-4-6-13(16)14(17)8-11/h4,6,8,10,12H,2-3,5,7,9H2,1H3. The highest BCUT2D eigenvalue weighted by Gasteiger charge is 2.28. The molecule has 98 valence electrons. The number of benzene rings is 1. The summed E-state index contributed by atoms with van der Waals surface area (Å²) in [6.07, 6.45) is 4.63. The average molecular weight is 269 g/mol. The quantitative estimate of drug-likeness (QED) is 0.790. The minimum atomic E-state index is -0.445. The van der Waals surface area contributed by atoms with Crippen LogP contribution in [0.5, 0.6) is 0 Å². The van der Waals surface area contributed by atoms with Crippen LogP contribution in [0.15, 0.2) is 18.2 Å². The van der Waals surface area contributed by atoms with Gasteiger partial charge in [0.25, 0.3) is 0 Å². The second-order valence-electron chi connectivity index (χ2n) is 5.18. The number of halogens is 2. The second kappa shape index (κ2) is 5.83. The molecule has 0 saturated heterocycles. The van der Waals surface area contributed by atoms with Crippen molar-refractivity contribution < 1.29 is 9.18 Å². The molecule has 2 atom stereocenters. The van der Waals surface area contributed by atoms with Crippen LogP contribution in [0.3, 0.4) is 0 Å². The number of carbonyl (C=O) groups is 1. The van der Waals surface area contributed by atoms with Gasteiger partial charge in [-0.1, -0.05) is 31.0 Å². The van der Waals surface area contributed by atoms with Crippen molar-refractivity contribution in [2.75, 3.05) is 0 Å². The molecule has 3 heteroatoms. The van der Waals surface area contributed by atoms with E-state index in [4.69, 9.17) is 11.6 Å². The van der Waals surface area contributed by atoms with Gasteiger partial charge in [0.15, 0.2) is 0 Å². The van der Waals surface area contributed by atoms with Gasteiger partial charge in [0.1, 0.15) is 11.6 Å². The molecule has 0 aromatic heterocycles. The smallest absolute Gasteiger partial charge is 0.142 e. The Balaban J connectivity index is 1.97. The lowest BCUT2D eigenvalue weighted by molar-refractivity contribution is -0.122. The molecule has 1 fully saturated rings. The molecule has 0 bridgehead atoms. The first-order chi connectivity index (χ1) is 8.60. The van der Waals surface area contributed by atoms with Crippen molar-refractivity contribution in [1.82, 2.24) is 0 Å². The Hall–Kier alpha value is -0.890. The third-order valence-corrected chi connectivity index (χ3v) is 4.24. The van der Waals surface area contributed by atoms with Gasteiger partial charge in [-0.25, -0.2) is 4.39 Å². The molecule has 1 aliphatic carbocycles. The van der Waals surface area contributed by atoms with E-state index in [-0.39, 0.29) is 16.7 Å². The zero-order chi connectivity index (χ0) is 13.1. The van der Waals surface area contributed by atoms with Crippen molar-refractivity contribution in [1.29, 1.82) is 0 Å². The molecule has 0 aliphatic heterocycles. The van der Waals surface area contributed by atoms with Crippen molar-refractivity contribution in [2.45, 2.75) is 39.0 Å². The van der Waals surface area contributed by atoms with Crippen molar-refractivity contribution in [3.8, 4) is 0 Å². The third-order valence-electron chi connectivity index (χ3n) is 3.94. The molecule has 0 spiro atoms. The first-order valence-electron chi connectivity index (χ1n) is 6.56. The molecule has 18 heavy (non-hydrogen) atoms. The fourth-order valence-corrected chi connectivity index (χ4v) is 2.85. The van der Waals surface area contributed by atoms with Crippen LogP contribution in [0.4, 0.5) is 4.39 Å². The normalized spacial score (nSPS) is 23.3. The Morgan fingerprint density at radius 1 is 1.44 bits per heavy atom. The Labute approximate surface area is 112 Å². The van der Waals surface area contributed by atoms with Crippen LogP contribution in [-0.4, -0.2) is 5.78 Å². The highest BCUT2D eigenvalue weighted by atomic mass is 35.5. The zero-order valence-electron chi connectivity index (χ0n) is 10.6. The maximum absolute atomic E-state index is 13.3. The molecule has 2 unspecified atom stereocenters. The highest BCUT2D eigenvalue weighted by molar-refractivity contribution is 6.30. The number of carbonyl (C=O) groups excluding carboxylic acids is 1. The molecule has 0 heterocycles. The summed E-state index contributed by atoms with van der Waals surface area (Å²) in [7, 11) is 0. The summed E-state index contributed by atoms with van der Waals surface area (Å²) in [5.74, 6) is 0.669. The Morgan fingerprint density at radius 3 is 2.83 bits per heavy atom. The molecule has 1 aromatic rings. The summed E-state index contributed by atoms with van der Waals surface area (Å²) < 4.78 is 13.3. The summed E-state index contributed by atoms with van der Waals surface area (Å²) in [5.41, 5.74) is 0.724. The fourth-order valence-electron chi connectivity index (χ4n) is 2.73. The Kier molecular flexibility index (Phi) is 4.39. The molecular weight excluding hydrogens is 251 g/mol. The first kappa shape index (κ1) is 13.5. The monoisotopic (exact) mass is 268 g/mol. The first-order valence-corrected chi connectivity index (χ1v) is 6.94. The van der Waals surface area contributed by atoms with Crippen LogP contribution in [0.2, 0.25) is 5.02 Å². The van der Waals surface area contributed by atoms with Gasteiger partial charge in [0.2, 0.25) is 0 Å². The van der Waals surface area contributed by atoms with Gasteiger partial charge >= 0.3 is 0 Å². The maximum atomic E-state index is 13.3. The molecular formula is C15H18ClFO. The van der Waals surface area contributed by atoms with Crippen LogP contribution in [0, 0.1) is 17.7 Å². The largest absolute Gasteiger partial charge is 0.299 e. The summed E-state index contributed by atoms with van der Waals surface area (Å²) in [4.78, 5) is 12.1. The Morgan fingerprint density at radius 2 is 2.22 bits per heavy atom. The summed E-state index contributed by atoms with van der Waals surface area (Å²) in [6, 6.07) is 4.62. The van der Waals surface area contributed by atoms with E-state index in [1.165, 1.54) is 12.1 Å². The van der Waals surface area contributed by atoms with Crippen molar-refractivity contribution >= 4 is 17.4 Å². The van der Waals surface area contributed by atoms with Crippen LogP contribution in [0.1, 0.15) is 38.2 Å². The van der Waals surface area contributed by atoms with Crippen molar-refractivity contribution in [2.24, 2.45) is 11.8 Å². The number of rotatable bonds is 4. The minimum Gasteiger partial charge on any atom is -0.299 e. The number of hydrogen-bond acceptors (Lipinski definition) is 1. The molecule has 0 N–H and O–H groups in total. The van der Waals surface area contributed by atoms with Crippen molar-refractivity contribution in [3.63, 3.8) is 0 Å². The lowest BCUT2D eigenvalue weighted by atomic mass is 9.95. The van der Waals surface area contributed by atoms with Crippen LogP contribution in [0.25, 0.3) is 0 Å².